The quantitative estimate of drug-likeness (QED) is 0.563. The summed E-state index contributed by atoms with van der Waals surface area (Å²) in [5.41, 5.74) is 7.75. The minimum atomic E-state index is -3.32. The lowest BCUT2D eigenvalue weighted by atomic mass is 9.95. The molecule has 0 unspecified atom stereocenters. The van der Waals surface area contributed by atoms with Crippen molar-refractivity contribution in [3.63, 3.8) is 0 Å². The number of benzene rings is 1. The predicted octanol–water partition coefficient (Wildman–Crippen LogP) is 3.04. The largest absolute Gasteiger partial charge is 0.382 e. The van der Waals surface area contributed by atoms with Crippen molar-refractivity contribution in [1.82, 2.24) is 4.98 Å². The van der Waals surface area contributed by atoms with E-state index in [0.717, 1.165) is 24.8 Å². The van der Waals surface area contributed by atoms with E-state index in [0.29, 0.717) is 28.8 Å². The van der Waals surface area contributed by atoms with Crippen LogP contribution in [0.5, 0.6) is 0 Å². The molecule has 1 aromatic heterocycles. The van der Waals surface area contributed by atoms with Gasteiger partial charge in [0, 0.05) is 29.7 Å². The van der Waals surface area contributed by atoms with Crippen LogP contribution in [0.3, 0.4) is 0 Å². The third kappa shape index (κ3) is 5.59. The third-order valence-corrected chi connectivity index (χ3v) is 5.20. The number of anilines is 4. The Morgan fingerprint density at radius 1 is 1.11 bits per heavy atom. The first-order valence-corrected chi connectivity index (χ1v) is 11.1. The highest BCUT2D eigenvalue weighted by Crippen LogP contribution is 2.26. The van der Waals surface area contributed by atoms with Crippen LogP contribution in [0.1, 0.15) is 42.5 Å². The lowest BCUT2D eigenvalue weighted by Gasteiger charge is -2.25. The smallest absolute Gasteiger partial charge is 0.252 e. The van der Waals surface area contributed by atoms with Gasteiger partial charge >= 0.3 is 0 Å². The number of rotatable bonds is 7. The molecule has 8 nitrogen and oxygen atoms in total. The van der Waals surface area contributed by atoms with E-state index in [9.17, 15) is 13.2 Å². The van der Waals surface area contributed by atoms with E-state index in [-0.39, 0.29) is 0 Å². The lowest BCUT2D eigenvalue weighted by Crippen LogP contribution is -2.25. The number of carbonyl (C=O) groups excluding carboxylic acids is 1. The Bertz CT molecular complexity index is 939. The molecule has 0 aliphatic heterocycles. The van der Waals surface area contributed by atoms with Crippen LogP contribution in [0.2, 0.25) is 0 Å². The van der Waals surface area contributed by atoms with Crippen molar-refractivity contribution in [2.45, 2.75) is 38.1 Å². The first kappa shape index (κ1) is 19.9. The second kappa shape index (κ2) is 8.47. The van der Waals surface area contributed by atoms with Gasteiger partial charge in [-0.05, 0) is 37.1 Å². The summed E-state index contributed by atoms with van der Waals surface area (Å²) >= 11 is 0. The number of aromatic nitrogens is 1. The van der Waals surface area contributed by atoms with Crippen molar-refractivity contribution in [3.05, 3.63) is 42.1 Å². The van der Waals surface area contributed by atoms with Crippen molar-refractivity contribution in [2.24, 2.45) is 5.73 Å². The summed E-state index contributed by atoms with van der Waals surface area (Å²) in [5, 5.41) is 6.59. The fraction of sp³-hybridized carbons (Fsp3) is 0.368. The zero-order valence-corrected chi connectivity index (χ0v) is 16.6. The van der Waals surface area contributed by atoms with Gasteiger partial charge in [-0.2, -0.15) is 0 Å². The first-order valence-electron chi connectivity index (χ1n) is 9.21. The van der Waals surface area contributed by atoms with Gasteiger partial charge in [0.2, 0.25) is 10.0 Å². The molecule has 1 aliphatic carbocycles. The molecule has 1 heterocycles. The lowest BCUT2D eigenvalue weighted by molar-refractivity contribution is 0.100. The summed E-state index contributed by atoms with van der Waals surface area (Å²) in [7, 11) is -3.32. The predicted molar refractivity (Wildman–Crippen MR) is 111 cm³/mol. The number of nitrogens with one attached hydrogen (secondary N) is 3. The van der Waals surface area contributed by atoms with E-state index in [1.54, 1.807) is 30.3 Å². The Kier molecular flexibility index (Phi) is 6.03. The topological polar surface area (TPSA) is 126 Å². The van der Waals surface area contributed by atoms with Crippen molar-refractivity contribution in [1.29, 1.82) is 0 Å². The highest BCUT2D eigenvalue weighted by Gasteiger charge is 2.17. The molecule has 1 fully saturated rings. The number of nitrogens with two attached hydrogens (primary N) is 1. The number of hydrogen-bond donors (Lipinski definition) is 4. The van der Waals surface area contributed by atoms with Crippen molar-refractivity contribution < 1.29 is 13.2 Å². The maximum atomic E-state index is 11.8. The van der Waals surface area contributed by atoms with E-state index >= 15 is 0 Å². The summed E-state index contributed by atoms with van der Waals surface area (Å²) in [4.78, 5) is 16.0. The third-order valence-electron chi connectivity index (χ3n) is 4.59. The molecule has 1 aromatic carbocycles. The second-order valence-electron chi connectivity index (χ2n) is 7.04. The van der Waals surface area contributed by atoms with Gasteiger partial charge in [-0.3, -0.25) is 9.52 Å². The summed E-state index contributed by atoms with van der Waals surface area (Å²) < 4.78 is 25.0. The maximum absolute atomic E-state index is 11.8. The molecule has 28 heavy (non-hydrogen) atoms. The fourth-order valence-corrected chi connectivity index (χ4v) is 3.85. The highest BCUT2D eigenvalue weighted by atomic mass is 32.2. The molecule has 1 aliphatic rings. The number of nitrogens with zero attached hydrogens (tertiary/aromatic N) is 1. The molecular formula is C19H25N5O3S. The molecule has 5 N–H and O–H groups in total. The fourth-order valence-electron chi connectivity index (χ4n) is 3.29. The van der Waals surface area contributed by atoms with Crippen molar-refractivity contribution >= 4 is 38.8 Å². The van der Waals surface area contributed by atoms with Crippen molar-refractivity contribution in [2.75, 3.05) is 21.6 Å². The Hall–Kier alpha value is -2.81. The van der Waals surface area contributed by atoms with Crippen LogP contribution in [0.15, 0.2) is 36.5 Å². The van der Waals surface area contributed by atoms with E-state index < -0.39 is 15.9 Å². The number of hydrogen-bond acceptors (Lipinski definition) is 6. The summed E-state index contributed by atoms with van der Waals surface area (Å²) in [6.45, 7) is 0. The molecular weight excluding hydrogens is 378 g/mol. The zero-order valence-electron chi connectivity index (χ0n) is 15.7. The zero-order chi connectivity index (χ0) is 20.1. The number of carbonyl (C=O) groups is 1. The molecule has 1 saturated carbocycles. The molecule has 1 amide bonds. The summed E-state index contributed by atoms with van der Waals surface area (Å²) in [6.07, 6.45) is 8.30. The normalized spacial score (nSPS) is 15.0. The van der Waals surface area contributed by atoms with E-state index in [2.05, 4.69) is 20.3 Å². The molecule has 0 radical (unpaired) electrons. The monoisotopic (exact) mass is 403 g/mol. The van der Waals surface area contributed by atoms with Crippen LogP contribution in [0, 0.1) is 0 Å². The van der Waals surface area contributed by atoms with Gasteiger partial charge in [-0.25, -0.2) is 13.4 Å². The molecule has 2 aromatic rings. The first-order chi connectivity index (χ1) is 13.3. The minimum Gasteiger partial charge on any atom is -0.382 e. The molecule has 0 saturated heterocycles. The van der Waals surface area contributed by atoms with E-state index in [4.69, 9.17) is 5.73 Å². The van der Waals surface area contributed by atoms with Gasteiger partial charge in [0.05, 0.1) is 17.5 Å². The summed E-state index contributed by atoms with van der Waals surface area (Å²) in [5.74, 6) is 0.0423. The van der Waals surface area contributed by atoms with Gasteiger partial charge in [0.15, 0.2) is 0 Å². The van der Waals surface area contributed by atoms with Gasteiger partial charge in [-0.1, -0.05) is 19.3 Å². The van der Waals surface area contributed by atoms with E-state index in [1.165, 1.54) is 25.5 Å². The van der Waals surface area contributed by atoms with Crippen LogP contribution in [-0.4, -0.2) is 31.6 Å². The van der Waals surface area contributed by atoms with E-state index in [1.807, 2.05) is 0 Å². The Labute approximate surface area is 165 Å². The van der Waals surface area contributed by atoms with Gasteiger partial charge in [0.1, 0.15) is 5.82 Å². The number of sulfonamides is 1. The Morgan fingerprint density at radius 2 is 1.75 bits per heavy atom. The van der Waals surface area contributed by atoms with Crippen LogP contribution in [0.4, 0.5) is 22.9 Å². The van der Waals surface area contributed by atoms with Crippen molar-refractivity contribution in [3.8, 4) is 0 Å². The van der Waals surface area contributed by atoms with Gasteiger partial charge in [-0.15, -0.1) is 0 Å². The van der Waals surface area contributed by atoms with Crippen LogP contribution < -0.4 is 21.1 Å². The SMILES string of the molecule is CS(=O)(=O)Nc1ccc(Nc2cc(NC3CCCCC3)c(C(N)=O)cn2)cc1. The van der Waals surface area contributed by atoms with Crippen LogP contribution >= 0.6 is 0 Å². The average Bonchev–Trinajstić information content (AvgIpc) is 2.63. The molecule has 3 rings (SSSR count). The van der Waals surface area contributed by atoms with Crippen LogP contribution in [-0.2, 0) is 10.0 Å². The molecule has 0 atom stereocenters. The summed E-state index contributed by atoms with van der Waals surface area (Å²) in [6, 6.07) is 8.89. The second-order valence-corrected chi connectivity index (χ2v) is 8.78. The van der Waals surface area contributed by atoms with Gasteiger partial charge < -0.3 is 16.4 Å². The molecule has 9 heteroatoms. The number of amides is 1. The minimum absolute atomic E-state index is 0.323. The molecule has 150 valence electrons. The van der Waals surface area contributed by atoms with Gasteiger partial charge in [0.25, 0.3) is 5.91 Å². The Balaban J connectivity index is 1.76. The standard InChI is InChI=1S/C19H25N5O3S/c1-28(26,27)24-15-9-7-14(8-10-15)23-18-11-17(16(12-21-18)19(20)25)22-13-5-3-2-4-6-13/h7-13,24H,2-6H2,1H3,(H2,20,25)(H2,21,22,23). The average molecular weight is 404 g/mol. The number of primary amides is 1. The molecule has 0 bridgehead atoms. The number of pyridine rings is 1. The molecule has 0 spiro atoms. The Morgan fingerprint density at radius 3 is 2.36 bits per heavy atom. The van der Waals surface area contributed by atoms with Crippen LogP contribution in [0.25, 0.3) is 0 Å². The maximum Gasteiger partial charge on any atom is 0.252 e. The highest BCUT2D eigenvalue weighted by molar-refractivity contribution is 7.92.